The second kappa shape index (κ2) is 7.52. The molecule has 2 rings (SSSR count). The average Bonchev–Trinajstić information content (AvgIpc) is 2.70. The van der Waals surface area contributed by atoms with E-state index in [4.69, 9.17) is 26.2 Å². The Balaban J connectivity index is 2.11. The van der Waals surface area contributed by atoms with Crippen LogP contribution < -0.4 is 14.8 Å². The Hall–Kier alpha value is -1.46. The van der Waals surface area contributed by atoms with Crippen LogP contribution in [0.4, 0.5) is 0 Å². The van der Waals surface area contributed by atoms with Crippen molar-refractivity contribution in [2.45, 2.75) is 32.2 Å². The van der Waals surface area contributed by atoms with E-state index < -0.39 is 0 Å². The van der Waals surface area contributed by atoms with E-state index in [-0.39, 0.29) is 18.6 Å². The molecule has 1 atom stereocenters. The van der Waals surface area contributed by atoms with Crippen LogP contribution in [0.5, 0.6) is 11.5 Å². The van der Waals surface area contributed by atoms with Gasteiger partial charge in [-0.3, -0.25) is 4.79 Å². The van der Waals surface area contributed by atoms with Gasteiger partial charge in [-0.2, -0.15) is 0 Å². The van der Waals surface area contributed by atoms with Crippen LogP contribution in [-0.4, -0.2) is 36.9 Å². The maximum absolute atomic E-state index is 12.2. The highest BCUT2D eigenvalue weighted by Gasteiger charge is 2.19. The Morgan fingerprint density at radius 2 is 2.19 bits per heavy atom. The number of carbonyl (C=O) groups is 1. The van der Waals surface area contributed by atoms with Gasteiger partial charge in [0, 0.05) is 24.6 Å². The molecular formula is C15H20ClNO4. The Morgan fingerprint density at radius 3 is 2.95 bits per heavy atom. The second-order valence-electron chi connectivity index (χ2n) is 5.08. The van der Waals surface area contributed by atoms with Crippen molar-refractivity contribution in [2.24, 2.45) is 0 Å². The minimum absolute atomic E-state index is 0.0144. The van der Waals surface area contributed by atoms with Gasteiger partial charge in [-0.15, -0.1) is 0 Å². The first kappa shape index (κ1) is 15.9. The summed E-state index contributed by atoms with van der Waals surface area (Å²) in [4.78, 5) is 12.2. The van der Waals surface area contributed by atoms with Gasteiger partial charge >= 0.3 is 0 Å². The molecule has 0 spiro atoms. The van der Waals surface area contributed by atoms with E-state index in [9.17, 15) is 4.79 Å². The van der Waals surface area contributed by atoms with Gasteiger partial charge in [0.15, 0.2) is 11.5 Å². The zero-order chi connectivity index (χ0) is 15.2. The average molecular weight is 314 g/mol. The lowest BCUT2D eigenvalue weighted by Crippen LogP contribution is -2.32. The second-order valence-corrected chi connectivity index (χ2v) is 5.48. The van der Waals surface area contributed by atoms with Gasteiger partial charge in [-0.25, -0.2) is 0 Å². The standard InChI is InChI=1S/C15H20ClNO4/c1-10(4-2-5-18)17-15(19)11-8-12(16)14-13(9-11)20-6-3-7-21-14/h8-10,18H,2-7H2,1H3,(H,17,19)/t10-/m1/s1. The summed E-state index contributed by atoms with van der Waals surface area (Å²) in [5.41, 5.74) is 0.445. The molecule has 0 aromatic heterocycles. The fourth-order valence-electron chi connectivity index (χ4n) is 2.14. The number of rotatable bonds is 5. The first-order valence-corrected chi connectivity index (χ1v) is 7.50. The van der Waals surface area contributed by atoms with Gasteiger partial charge in [-0.05, 0) is 31.9 Å². The van der Waals surface area contributed by atoms with Crippen molar-refractivity contribution >= 4 is 17.5 Å². The Kier molecular flexibility index (Phi) is 5.70. The van der Waals surface area contributed by atoms with Crippen LogP contribution in [0.25, 0.3) is 0 Å². The molecule has 6 heteroatoms. The van der Waals surface area contributed by atoms with Gasteiger partial charge < -0.3 is 19.9 Å². The number of aliphatic hydroxyl groups excluding tert-OH is 1. The molecule has 0 bridgehead atoms. The number of hydrogen-bond donors (Lipinski definition) is 2. The van der Waals surface area contributed by atoms with Crippen molar-refractivity contribution in [1.29, 1.82) is 0 Å². The molecule has 116 valence electrons. The van der Waals surface area contributed by atoms with E-state index in [0.717, 1.165) is 12.8 Å². The van der Waals surface area contributed by atoms with Gasteiger partial charge in [-0.1, -0.05) is 11.6 Å². The number of aliphatic hydroxyl groups is 1. The topological polar surface area (TPSA) is 67.8 Å². The highest BCUT2D eigenvalue weighted by atomic mass is 35.5. The lowest BCUT2D eigenvalue weighted by molar-refractivity contribution is 0.0936. The summed E-state index contributed by atoms with van der Waals surface area (Å²) >= 11 is 6.17. The number of hydrogen-bond acceptors (Lipinski definition) is 4. The Labute approximate surface area is 129 Å². The highest BCUT2D eigenvalue weighted by Crippen LogP contribution is 2.37. The maximum atomic E-state index is 12.2. The molecule has 0 saturated heterocycles. The number of halogens is 1. The third kappa shape index (κ3) is 4.25. The Bertz CT molecular complexity index is 507. The quantitative estimate of drug-likeness (QED) is 0.876. The normalized spacial score (nSPS) is 15.2. The van der Waals surface area contributed by atoms with Gasteiger partial charge in [0.25, 0.3) is 5.91 Å². The molecule has 1 aliphatic rings. The first-order chi connectivity index (χ1) is 10.1. The lowest BCUT2D eigenvalue weighted by atomic mass is 10.1. The van der Waals surface area contributed by atoms with Crippen LogP contribution in [0.2, 0.25) is 5.02 Å². The smallest absolute Gasteiger partial charge is 0.251 e. The van der Waals surface area contributed by atoms with Crippen molar-refractivity contribution in [3.8, 4) is 11.5 Å². The largest absolute Gasteiger partial charge is 0.489 e. The van der Waals surface area contributed by atoms with Crippen LogP contribution in [0.1, 0.15) is 36.5 Å². The van der Waals surface area contributed by atoms with Gasteiger partial charge in [0.1, 0.15) is 0 Å². The molecule has 0 saturated carbocycles. The number of ether oxygens (including phenoxy) is 2. The third-order valence-electron chi connectivity index (χ3n) is 3.24. The molecule has 5 nitrogen and oxygen atoms in total. The summed E-state index contributed by atoms with van der Waals surface area (Å²) in [7, 11) is 0. The molecule has 1 aliphatic heterocycles. The molecule has 21 heavy (non-hydrogen) atoms. The maximum Gasteiger partial charge on any atom is 0.251 e. The molecule has 1 amide bonds. The van der Waals surface area contributed by atoms with E-state index in [1.54, 1.807) is 12.1 Å². The zero-order valence-electron chi connectivity index (χ0n) is 12.0. The van der Waals surface area contributed by atoms with Gasteiger partial charge in [0.05, 0.1) is 18.2 Å². The van der Waals surface area contributed by atoms with E-state index in [2.05, 4.69) is 5.32 Å². The summed E-state index contributed by atoms with van der Waals surface area (Å²) in [6, 6.07) is 3.23. The molecule has 1 aromatic carbocycles. The summed E-state index contributed by atoms with van der Waals surface area (Å²) in [5.74, 6) is 0.796. The molecule has 1 heterocycles. The fraction of sp³-hybridized carbons (Fsp3) is 0.533. The third-order valence-corrected chi connectivity index (χ3v) is 3.52. The number of fused-ring (bicyclic) bond motifs is 1. The number of nitrogens with one attached hydrogen (secondary N) is 1. The van der Waals surface area contributed by atoms with Crippen molar-refractivity contribution in [3.05, 3.63) is 22.7 Å². The van der Waals surface area contributed by atoms with Crippen LogP contribution in [0, 0.1) is 0 Å². The molecule has 2 N–H and O–H groups in total. The number of benzene rings is 1. The van der Waals surface area contributed by atoms with Crippen molar-refractivity contribution < 1.29 is 19.4 Å². The molecule has 0 radical (unpaired) electrons. The highest BCUT2D eigenvalue weighted by molar-refractivity contribution is 6.32. The van der Waals surface area contributed by atoms with Gasteiger partial charge in [0.2, 0.25) is 0 Å². The van der Waals surface area contributed by atoms with E-state index in [0.29, 0.717) is 41.7 Å². The van der Waals surface area contributed by atoms with E-state index >= 15 is 0 Å². The predicted octanol–water partition coefficient (Wildman–Crippen LogP) is 2.39. The molecule has 0 aliphatic carbocycles. The SMILES string of the molecule is C[C@H](CCCO)NC(=O)c1cc(Cl)c2c(c1)OCCCO2. The van der Waals surface area contributed by atoms with Crippen LogP contribution in [-0.2, 0) is 0 Å². The summed E-state index contributed by atoms with van der Waals surface area (Å²) in [5, 5.41) is 12.1. The van der Waals surface area contributed by atoms with Crippen LogP contribution in [0.15, 0.2) is 12.1 Å². The molecule has 0 fully saturated rings. The molecule has 0 unspecified atom stereocenters. The predicted molar refractivity (Wildman–Crippen MR) is 80.3 cm³/mol. The van der Waals surface area contributed by atoms with Crippen LogP contribution >= 0.6 is 11.6 Å². The molecular weight excluding hydrogens is 294 g/mol. The summed E-state index contributed by atoms with van der Waals surface area (Å²) < 4.78 is 11.1. The zero-order valence-corrected chi connectivity index (χ0v) is 12.8. The van der Waals surface area contributed by atoms with Crippen molar-refractivity contribution in [2.75, 3.05) is 19.8 Å². The monoisotopic (exact) mass is 313 g/mol. The van der Waals surface area contributed by atoms with Crippen molar-refractivity contribution in [1.82, 2.24) is 5.32 Å². The van der Waals surface area contributed by atoms with E-state index in [1.165, 1.54) is 0 Å². The minimum Gasteiger partial charge on any atom is -0.489 e. The number of carbonyl (C=O) groups excluding carboxylic acids is 1. The summed E-state index contributed by atoms with van der Waals surface area (Å²) in [6.07, 6.45) is 2.16. The van der Waals surface area contributed by atoms with Crippen LogP contribution in [0.3, 0.4) is 0 Å². The minimum atomic E-state index is -0.210. The first-order valence-electron chi connectivity index (χ1n) is 7.12. The lowest BCUT2D eigenvalue weighted by Gasteiger charge is -2.15. The van der Waals surface area contributed by atoms with E-state index in [1.807, 2.05) is 6.92 Å². The Morgan fingerprint density at radius 1 is 1.43 bits per heavy atom. The molecule has 1 aromatic rings. The fourth-order valence-corrected chi connectivity index (χ4v) is 2.40. The summed E-state index contributed by atoms with van der Waals surface area (Å²) in [6.45, 7) is 3.12. The van der Waals surface area contributed by atoms with Crippen molar-refractivity contribution in [3.63, 3.8) is 0 Å². The number of amides is 1.